The molecular weight excluding hydrogens is 393 g/mol. The summed E-state index contributed by atoms with van der Waals surface area (Å²) in [5.41, 5.74) is 5.42. The van der Waals surface area contributed by atoms with E-state index in [9.17, 15) is 23.2 Å². The van der Waals surface area contributed by atoms with Crippen LogP contribution in [-0.4, -0.2) is 12.6 Å². The molecule has 0 saturated heterocycles. The van der Waals surface area contributed by atoms with E-state index in [0.717, 1.165) is 16.7 Å². The molecule has 3 rings (SSSR count). The Bertz CT molecular complexity index is 1060. The second-order valence-corrected chi connectivity index (χ2v) is 6.87. The van der Waals surface area contributed by atoms with Crippen LogP contribution in [0.2, 0.25) is 0 Å². The summed E-state index contributed by atoms with van der Waals surface area (Å²) in [5, 5.41) is 10.6. The molecule has 2 N–H and O–H groups in total. The molecule has 1 aromatic heterocycles. The van der Waals surface area contributed by atoms with Crippen LogP contribution in [-0.2, 0) is 20.4 Å². The molecule has 0 amide bonds. The number of fused-ring (bicyclic) bond motifs is 1. The number of carbonyl (C=O) groups excluding carboxylic acids is 1. The van der Waals surface area contributed by atoms with Crippen molar-refractivity contribution < 1.29 is 27.4 Å². The summed E-state index contributed by atoms with van der Waals surface area (Å²) in [6.45, 7) is 3.21. The minimum Gasteiger partial charge on any atom is -0.463 e. The highest BCUT2D eigenvalue weighted by molar-refractivity contribution is 7.17. The first-order valence-electron chi connectivity index (χ1n) is 8.23. The van der Waals surface area contributed by atoms with Crippen LogP contribution in [0.5, 0.6) is 0 Å². The summed E-state index contributed by atoms with van der Waals surface area (Å²) in [7, 11) is 0. The molecule has 1 aliphatic heterocycles. The third kappa shape index (κ3) is 3.20. The first-order chi connectivity index (χ1) is 13.2. The number of allylic oxidation sites excluding steroid dienone is 2. The lowest BCUT2D eigenvalue weighted by molar-refractivity contribution is -0.139. The Hall–Kier alpha value is -2.99. The maximum Gasteiger partial charge on any atom is 0.417 e. The van der Waals surface area contributed by atoms with Crippen molar-refractivity contribution in [2.75, 3.05) is 6.61 Å². The Labute approximate surface area is 162 Å². The van der Waals surface area contributed by atoms with Gasteiger partial charge in [0.15, 0.2) is 0 Å². The number of hydrogen-bond acceptors (Lipinski definition) is 6. The van der Waals surface area contributed by atoms with Crippen molar-refractivity contribution in [1.29, 1.82) is 5.26 Å². The third-order valence-electron chi connectivity index (χ3n) is 4.35. The monoisotopic (exact) mass is 408 g/mol. The number of ether oxygens (including phenoxy) is 2. The van der Waals surface area contributed by atoms with Gasteiger partial charge in [-0.15, -0.1) is 11.3 Å². The molecule has 0 bridgehead atoms. The Morgan fingerprint density at radius 2 is 2.14 bits per heavy atom. The van der Waals surface area contributed by atoms with Crippen LogP contribution in [0.25, 0.3) is 10.1 Å². The van der Waals surface area contributed by atoms with Gasteiger partial charge < -0.3 is 15.2 Å². The number of halogens is 3. The van der Waals surface area contributed by atoms with E-state index in [1.54, 1.807) is 13.0 Å². The number of hydrogen-bond donors (Lipinski definition) is 1. The quantitative estimate of drug-likeness (QED) is 0.753. The highest BCUT2D eigenvalue weighted by Crippen LogP contribution is 2.46. The number of nitrogens with zero attached hydrogens (tertiary/aromatic N) is 1. The van der Waals surface area contributed by atoms with Crippen LogP contribution in [0.4, 0.5) is 13.2 Å². The molecule has 5 nitrogen and oxygen atoms in total. The van der Waals surface area contributed by atoms with Crippen molar-refractivity contribution in [3.63, 3.8) is 0 Å². The molecule has 0 aliphatic carbocycles. The Kier molecular flexibility index (Phi) is 5.08. The number of benzene rings is 1. The van der Waals surface area contributed by atoms with Gasteiger partial charge in [0.05, 0.1) is 23.7 Å². The summed E-state index contributed by atoms with van der Waals surface area (Å²) in [4.78, 5) is 12.6. The van der Waals surface area contributed by atoms with Crippen LogP contribution < -0.4 is 5.73 Å². The summed E-state index contributed by atoms with van der Waals surface area (Å²) < 4.78 is 50.7. The van der Waals surface area contributed by atoms with Crippen molar-refractivity contribution in [3.05, 3.63) is 57.5 Å². The summed E-state index contributed by atoms with van der Waals surface area (Å²) in [6, 6.07) is 6.31. The average molecular weight is 408 g/mol. The van der Waals surface area contributed by atoms with E-state index >= 15 is 0 Å². The third-order valence-corrected chi connectivity index (χ3v) is 5.39. The Morgan fingerprint density at radius 3 is 2.75 bits per heavy atom. The van der Waals surface area contributed by atoms with Gasteiger partial charge in [-0.05, 0) is 19.4 Å². The molecule has 0 saturated carbocycles. The highest BCUT2D eigenvalue weighted by Gasteiger charge is 2.39. The smallest absolute Gasteiger partial charge is 0.417 e. The van der Waals surface area contributed by atoms with Gasteiger partial charge in [0.1, 0.15) is 17.4 Å². The van der Waals surface area contributed by atoms with Crippen LogP contribution >= 0.6 is 11.3 Å². The number of nitriles is 1. The Morgan fingerprint density at radius 1 is 1.43 bits per heavy atom. The van der Waals surface area contributed by atoms with Crippen molar-refractivity contribution in [3.8, 4) is 6.07 Å². The zero-order valence-electron chi connectivity index (χ0n) is 14.9. The lowest BCUT2D eigenvalue weighted by atomic mass is 9.82. The van der Waals surface area contributed by atoms with Gasteiger partial charge in [-0.3, -0.25) is 0 Å². The average Bonchev–Trinajstić information content (AvgIpc) is 3.05. The number of thiophene rings is 1. The van der Waals surface area contributed by atoms with E-state index in [0.29, 0.717) is 10.3 Å². The van der Waals surface area contributed by atoms with Gasteiger partial charge in [-0.1, -0.05) is 18.2 Å². The second-order valence-electron chi connectivity index (χ2n) is 5.99. The zero-order chi connectivity index (χ0) is 20.6. The van der Waals surface area contributed by atoms with Crippen molar-refractivity contribution in [1.82, 2.24) is 0 Å². The maximum absolute atomic E-state index is 13.3. The van der Waals surface area contributed by atoms with Gasteiger partial charge in [-0.2, -0.15) is 18.4 Å². The van der Waals surface area contributed by atoms with Gasteiger partial charge in [0.2, 0.25) is 5.88 Å². The highest BCUT2D eigenvalue weighted by atomic mass is 32.1. The lowest BCUT2D eigenvalue weighted by Gasteiger charge is -2.27. The van der Waals surface area contributed by atoms with Gasteiger partial charge in [0, 0.05) is 15.5 Å². The van der Waals surface area contributed by atoms with Gasteiger partial charge in [-0.25, -0.2) is 4.79 Å². The predicted octanol–water partition coefficient (Wildman–Crippen LogP) is 4.56. The van der Waals surface area contributed by atoms with Gasteiger partial charge in [0.25, 0.3) is 0 Å². The normalized spacial score (nSPS) is 17.5. The molecule has 28 heavy (non-hydrogen) atoms. The maximum atomic E-state index is 13.3. The van der Waals surface area contributed by atoms with Crippen LogP contribution in [0.3, 0.4) is 0 Å². The predicted molar refractivity (Wildman–Crippen MR) is 96.8 cm³/mol. The fourth-order valence-corrected chi connectivity index (χ4v) is 4.32. The fraction of sp³-hybridized carbons (Fsp3) is 0.263. The molecule has 1 aromatic carbocycles. The van der Waals surface area contributed by atoms with E-state index in [1.807, 2.05) is 6.07 Å². The van der Waals surface area contributed by atoms with Crippen LogP contribution in [0, 0.1) is 11.3 Å². The molecule has 2 heterocycles. The lowest BCUT2D eigenvalue weighted by Crippen LogP contribution is -2.25. The number of carbonyl (C=O) groups is 1. The largest absolute Gasteiger partial charge is 0.463 e. The molecule has 146 valence electrons. The fourth-order valence-electron chi connectivity index (χ4n) is 3.19. The summed E-state index contributed by atoms with van der Waals surface area (Å²) in [6.07, 6.45) is -4.52. The summed E-state index contributed by atoms with van der Waals surface area (Å²) >= 11 is 0.895. The molecule has 9 heteroatoms. The molecule has 1 unspecified atom stereocenters. The number of esters is 1. The number of rotatable bonds is 3. The Balaban J connectivity index is 2.29. The van der Waals surface area contributed by atoms with E-state index < -0.39 is 23.6 Å². The standard InChI is InChI=1S/C19H15F3N2O3S/c1-3-26-18(25)14-9(2)27-17(24)12(7-23)15(14)11-6-4-5-10-13(19(20,21)22)8-28-16(10)11/h4-6,8,15H,3,24H2,1-2H3. The SMILES string of the molecule is CCOC(=O)C1=C(C)OC(N)=C(C#N)C1c1cccc2c(C(F)(F)F)csc12. The molecule has 2 aromatic rings. The van der Waals surface area contributed by atoms with Crippen molar-refractivity contribution >= 4 is 27.4 Å². The van der Waals surface area contributed by atoms with Crippen molar-refractivity contribution in [2.45, 2.75) is 25.9 Å². The molecule has 0 spiro atoms. The first-order valence-corrected chi connectivity index (χ1v) is 9.11. The number of alkyl halides is 3. The van der Waals surface area contributed by atoms with Crippen LogP contribution in [0.1, 0.15) is 30.9 Å². The zero-order valence-corrected chi connectivity index (χ0v) is 15.7. The molecule has 0 radical (unpaired) electrons. The molecular formula is C19H15F3N2O3S. The van der Waals surface area contributed by atoms with E-state index in [1.165, 1.54) is 19.1 Å². The van der Waals surface area contributed by atoms with Crippen LogP contribution in [0.15, 0.2) is 46.4 Å². The molecule has 1 atom stereocenters. The van der Waals surface area contributed by atoms with E-state index in [4.69, 9.17) is 15.2 Å². The van der Waals surface area contributed by atoms with Crippen molar-refractivity contribution in [2.24, 2.45) is 5.73 Å². The minimum atomic E-state index is -4.52. The minimum absolute atomic E-state index is 0.00165. The number of nitrogens with two attached hydrogens (primary N) is 1. The topological polar surface area (TPSA) is 85.3 Å². The molecule has 0 fully saturated rings. The van der Waals surface area contributed by atoms with E-state index in [2.05, 4.69) is 0 Å². The summed E-state index contributed by atoms with van der Waals surface area (Å²) in [5.74, 6) is -1.75. The van der Waals surface area contributed by atoms with E-state index in [-0.39, 0.29) is 34.8 Å². The second kappa shape index (κ2) is 7.20. The molecule has 1 aliphatic rings. The van der Waals surface area contributed by atoms with Gasteiger partial charge >= 0.3 is 12.1 Å². The first kappa shape index (κ1) is 19.8.